The second-order valence-corrected chi connectivity index (χ2v) is 5.89. The Balaban J connectivity index is 1.41. The fourth-order valence-electron chi connectivity index (χ4n) is 2.76. The number of hydrogen-bond donors (Lipinski definition) is 2. The number of guanidine groups is 1. The first-order valence-electron chi connectivity index (χ1n) is 8.72. The Kier molecular flexibility index (Phi) is 6.15. The van der Waals surface area contributed by atoms with Gasteiger partial charge in [-0.05, 0) is 36.1 Å². The Morgan fingerprint density at radius 1 is 0.880 bits per heavy atom. The van der Waals surface area contributed by atoms with Gasteiger partial charge in [0, 0.05) is 20.1 Å². The van der Waals surface area contributed by atoms with Crippen molar-refractivity contribution in [3.05, 3.63) is 59.7 Å². The molecule has 0 spiro atoms. The molecule has 2 aromatic rings. The summed E-state index contributed by atoms with van der Waals surface area (Å²) < 4.78 is 11.2. The van der Waals surface area contributed by atoms with E-state index in [2.05, 4.69) is 52.0 Å². The number of nitrogens with one attached hydrogen (secondary N) is 2. The fraction of sp³-hybridized carbons (Fsp3) is 0.350. The maximum atomic E-state index is 5.63. The van der Waals surface area contributed by atoms with Gasteiger partial charge in [-0.25, -0.2) is 0 Å². The van der Waals surface area contributed by atoms with Gasteiger partial charge in [0.05, 0.1) is 0 Å². The normalized spacial score (nSPS) is 13.4. The molecule has 5 heteroatoms. The maximum absolute atomic E-state index is 5.63. The van der Waals surface area contributed by atoms with Crippen LogP contribution < -0.4 is 20.1 Å². The molecule has 1 aliphatic rings. The van der Waals surface area contributed by atoms with Gasteiger partial charge in [-0.3, -0.25) is 4.99 Å². The molecule has 2 aromatic carbocycles. The van der Waals surface area contributed by atoms with Gasteiger partial charge in [-0.2, -0.15) is 0 Å². The quantitative estimate of drug-likeness (QED) is 0.627. The molecule has 3 rings (SSSR count). The maximum Gasteiger partial charge on any atom is 0.190 e. The van der Waals surface area contributed by atoms with Crippen molar-refractivity contribution in [1.82, 2.24) is 10.6 Å². The minimum Gasteiger partial charge on any atom is -0.486 e. The molecule has 0 aromatic heterocycles. The van der Waals surface area contributed by atoms with Gasteiger partial charge in [0.2, 0.25) is 0 Å². The van der Waals surface area contributed by atoms with Crippen molar-refractivity contribution in [2.24, 2.45) is 4.99 Å². The van der Waals surface area contributed by atoms with E-state index in [1.807, 2.05) is 12.1 Å². The average Bonchev–Trinajstić information content (AvgIpc) is 2.67. The summed E-state index contributed by atoms with van der Waals surface area (Å²) in [5, 5.41) is 6.70. The molecule has 2 N–H and O–H groups in total. The highest BCUT2D eigenvalue weighted by Gasteiger charge is 2.11. The number of hydrogen-bond acceptors (Lipinski definition) is 3. The highest BCUT2D eigenvalue weighted by Crippen LogP contribution is 2.30. The summed E-state index contributed by atoms with van der Waals surface area (Å²) in [7, 11) is 1.79. The molecule has 0 unspecified atom stereocenters. The van der Waals surface area contributed by atoms with Crippen LogP contribution in [0, 0.1) is 0 Å². The van der Waals surface area contributed by atoms with Crippen molar-refractivity contribution >= 4 is 5.96 Å². The lowest BCUT2D eigenvalue weighted by Gasteiger charge is -2.19. The molecule has 0 atom stereocenters. The highest BCUT2D eigenvalue weighted by molar-refractivity contribution is 5.79. The average molecular weight is 339 g/mol. The first-order chi connectivity index (χ1) is 12.3. The third-order valence-electron chi connectivity index (χ3n) is 4.09. The molecule has 0 aliphatic carbocycles. The SMILES string of the molecule is CN=C(NCCc1ccccc1)NCCc1ccc2c(c1)OCCO2. The predicted octanol–water partition coefficient (Wildman–Crippen LogP) is 2.41. The monoisotopic (exact) mass is 339 g/mol. The van der Waals surface area contributed by atoms with Crippen LogP contribution in [0.15, 0.2) is 53.5 Å². The van der Waals surface area contributed by atoms with Crippen LogP contribution in [-0.2, 0) is 12.8 Å². The summed E-state index contributed by atoms with van der Waals surface area (Å²) in [5.41, 5.74) is 2.54. The fourth-order valence-corrected chi connectivity index (χ4v) is 2.76. The Bertz CT molecular complexity index is 701. The Labute approximate surface area is 149 Å². The second kappa shape index (κ2) is 8.97. The highest BCUT2D eigenvalue weighted by atomic mass is 16.6. The van der Waals surface area contributed by atoms with Crippen LogP contribution in [0.2, 0.25) is 0 Å². The van der Waals surface area contributed by atoms with Gasteiger partial charge in [0.1, 0.15) is 13.2 Å². The molecular weight excluding hydrogens is 314 g/mol. The van der Waals surface area contributed by atoms with Crippen LogP contribution in [0.4, 0.5) is 0 Å². The lowest BCUT2D eigenvalue weighted by atomic mass is 10.1. The van der Waals surface area contributed by atoms with Gasteiger partial charge in [0.15, 0.2) is 17.5 Å². The van der Waals surface area contributed by atoms with Gasteiger partial charge in [-0.15, -0.1) is 0 Å². The van der Waals surface area contributed by atoms with Crippen molar-refractivity contribution in [3.8, 4) is 11.5 Å². The number of aliphatic imine (C=N–C) groups is 1. The summed E-state index contributed by atoms with van der Waals surface area (Å²) in [5.74, 6) is 2.50. The zero-order chi connectivity index (χ0) is 17.3. The van der Waals surface area contributed by atoms with Crippen LogP contribution in [0.5, 0.6) is 11.5 Å². The first kappa shape index (κ1) is 17.1. The summed E-state index contributed by atoms with van der Waals surface area (Å²) >= 11 is 0. The molecule has 0 saturated heterocycles. The number of nitrogens with zero attached hydrogens (tertiary/aromatic N) is 1. The summed E-state index contributed by atoms with van der Waals surface area (Å²) in [6.07, 6.45) is 1.87. The van der Waals surface area contributed by atoms with E-state index in [-0.39, 0.29) is 0 Å². The topological polar surface area (TPSA) is 54.9 Å². The molecule has 5 nitrogen and oxygen atoms in total. The molecule has 1 heterocycles. The van der Waals surface area contributed by atoms with Gasteiger partial charge < -0.3 is 20.1 Å². The molecule has 0 saturated carbocycles. The smallest absolute Gasteiger partial charge is 0.190 e. The van der Waals surface area contributed by atoms with E-state index >= 15 is 0 Å². The zero-order valence-corrected chi connectivity index (χ0v) is 14.6. The van der Waals surface area contributed by atoms with E-state index in [0.29, 0.717) is 13.2 Å². The molecular formula is C20H25N3O2. The van der Waals surface area contributed by atoms with Crippen LogP contribution in [0.25, 0.3) is 0 Å². The van der Waals surface area contributed by atoms with Crippen molar-refractivity contribution in [3.63, 3.8) is 0 Å². The van der Waals surface area contributed by atoms with Gasteiger partial charge in [-0.1, -0.05) is 36.4 Å². The lowest BCUT2D eigenvalue weighted by molar-refractivity contribution is 0.171. The van der Waals surface area contributed by atoms with Crippen molar-refractivity contribution in [1.29, 1.82) is 0 Å². The van der Waals surface area contributed by atoms with Crippen molar-refractivity contribution in [2.45, 2.75) is 12.8 Å². The third-order valence-corrected chi connectivity index (χ3v) is 4.09. The standard InChI is InChI=1S/C20H25N3O2/c1-21-20(22-11-9-16-5-3-2-4-6-16)23-12-10-17-7-8-18-19(15-17)25-14-13-24-18/h2-8,15H,9-14H2,1H3,(H2,21,22,23). The molecule has 132 valence electrons. The molecule has 0 amide bonds. The van der Waals surface area contributed by atoms with Crippen LogP contribution >= 0.6 is 0 Å². The molecule has 0 radical (unpaired) electrons. The summed E-state index contributed by atoms with van der Waals surface area (Å²) in [6, 6.07) is 16.6. The van der Waals surface area contributed by atoms with E-state index in [1.54, 1.807) is 7.05 Å². The molecule has 25 heavy (non-hydrogen) atoms. The number of fused-ring (bicyclic) bond motifs is 1. The first-order valence-corrected chi connectivity index (χ1v) is 8.72. The Morgan fingerprint density at radius 3 is 2.28 bits per heavy atom. The summed E-state index contributed by atoms with van der Waals surface area (Å²) in [6.45, 7) is 2.91. The van der Waals surface area contributed by atoms with E-state index in [1.165, 1.54) is 11.1 Å². The summed E-state index contributed by atoms with van der Waals surface area (Å²) in [4.78, 5) is 4.27. The number of benzene rings is 2. The Morgan fingerprint density at radius 2 is 1.56 bits per heavy atom. The minimum atomic E-state index is 0.618. The van der Waals surface area contributed by atoms with Gasteiger partial charge >= 0.3 is 0 Å². The predicted molar refractivity (Wildman–Crippen MR) is 101 cm³/mol. The van der Waals surface area contributed by atoms with Crippen molar-refractivity contribution < 1.29 is 9.47 Å². The van der Waals surface area contributed by atoms with E-state index in [9.17, 15) is 0 Å². The van der Waals surface area contributed by atoms with Crippen LogP contribution in [-0.4, -0.2) is 39.3 Å². The van der Waals surface area contributed by atoms with E-state index in [4.69, 9.17) is 9.47 Å². The van der Waals surface area contributed by atoms with Gasteiger partial charge in [0.25, 0.3) is 0 Å². The number of ether oxygens (including phenoxy) is 2. The largest absolute Gasteiger partial charge is 0.486 e. The second-order valence-electron chi connectivity index (χ2n) is 5.89. The van der Waals surface area contributed by atoms with Crippen LogP contribution in [0.1, 0.15) is 11.1 Å². The Hall–Kier alpha value is -2.69. The zero-order valence-electron chi connectivity index (χ0n) is 14.6. The molecule has 1 aliphatic heterocycles. The van der Waals surface area contributed by atoms with Crippen molar-refractivity contribution in [2.75, 3.05) is 33.4 Å². The molecule has 0 fully saturated rings. The minimum absolute atomic E-state index is 0.618. The number of rotatable bonds is 6. The van der Waals surface area contributed by atoms with E-state index in [0.717, 1.165) is 43.4 Å². The van der Waals surface area contributed by atoms with Crippen LogP contribution in [0.3, 0.4) is 0 Å². The third kappa shape index (κ3) is 5.14. The molecule has 0 bridgehead atoms. The lowest BCUT2D eigenvalue weighted by Crippen LogP contribution is -2.39. The van der Waals surface area contributed by atoms with E-state index < -0.39 is 0 Å².